The highest BCUT2D eigenvalue weighted by Crippen LogP contribution is 2.45. The normalized spacial score (nSPS) is 36.1. The molecule has 33 heavy (non-hydrogen) atoms. The lowest BCUT2D eigenvalue weighted by molar-refractivity contribution is -0.269. The van der Waals surface area contributed by atoms with Gasteiger partial charge in [0.1, 0.15) is 6.04 Å². The third kappa shape index (κ3) is 3.37. The number of fused-ring (bicyclic) bond motifs is 1. The first kappa shape index (κ1) is 22.0. The SMILES string of the molecule is CC(C)(C)NC(=O)C1NC(=N)N2C[C@H](OC(=O)c3ccccc3)C(O)(O)[C@@]23NC2NC2NC13. The van der Waals surface area contributed by atoms with Gasteiger partial charge in [0.25, 0.3) is 0 Å². The van der Waals surface area contributed by atoms with E-state index < -0.39 is 47.1 Å². The highest BCUT2D eigenvalue weighted by atomic mass is 16.6. The second-order valence-electron chi connectivity index (χ2n) is 9.98. The molecule has 178 valence electrons. The maximum Gasteiger partial charge on any atom is 0.338 e. The van der Waals surface area contributed by atoms with Crippen LogP contribution in [0.25, 0.3) is 0 Å². The zero-order valence-corrected chi connectivity index (χ0v) is 18.5. The number of ether oxygens (including phenoxy) is 1. The van der Waals surface area contributed by atoms with Gasteiger partial charge in [-0.15, -0.1) is 0 Å². The molecule has 0 saturated carbocycles. The molecule has 1 spiro atoms. The average Bonchev–Trinajstić information content (AvgIpc) is 3.45. The molecule has 4 saturated heterocycles. The standard InChI is InChI=1S/C21H29N7O5/c1-19(2,3)27-16(29)12-13-20(26-15-14(24-13)25-15)21(31,32)11(9-28(20)18(22)23-12)33-17(30)10-7-5-4-6-8-10/h4-8,11-15,24-26,31-32H,9H2,1-3H3,(H2,22,23)(H,27,29)/t11-,12?,13?,14?,15?,20-/m0/s1. The molecule has 0 aliphatic carbocycles. The van der Waals surface area contributed by atoms with Crippen LogP contribution in [0, 0.1) is 5.41 Å². The zero-order valence-electron chi connectivity index (χ0n) is 18.5. The molecule has 0 aromatic heterocycles. The molecule has 4 aliphatic heterocycles. The van der Waals surface area contributed by atoms with Crippen LogP contribution in [0.5, 0.6) is 0 Å². The van der Waals surface area contributed by atoms with E-state index in [0.717, 1.165) is 0 Å². The maximum absolute atomic E-state index is 13.1. The third-order valence-electron chi connectivity index (χ3n) is 6.49. The minimum Gasteiger partial charge on any atom is -0.451 e. The number of carbonyl (C=O) groups excluding carboxylic acids is 2. The van der Waals surface area contributed by atoms with Gasteiger partial charge in [-0.05, 0) is 32.9 Å². The molecule has 4 unspecified atom stereocenters. The molecule has 4 heterocycles. The van der Waals surface area contributed by atoms with Crippen LogP contribution in [0.3, 0.4) is 0 Å². The Balaban J connectivity index is 1.49. The number of benzene rings is 1. The highest BCUT2D eigenvalue weighted by Gasteiger charge is 2.76. The van der Waals surface area contributed by atoms with Gasteiger partial charge in [0.2, 0.25) is 11.7 Å². The van der Waals surface area contributed by atoms with Crippen molar-refractivity contribution < 1.29 is 24.5 Å². The van der Waals surface area contributed by atoms with Crippen LogP contribution in [0.4, 0.5) is 0 Å². The number of nitrogens with zero attached hydrogens (tertiary/aromatic N) is 1. The highest BCUT2D eigenvalue weighted by molar-refractivity contribution is 5.92. The van der Waals surface area contributed by atoms with Gasteiger partial charge in [-0.1, -0.05) is 18.2 Å². The number of nitrogens with one attached hydrogen (secondary N) is 6. The number of amides is 1. The summed E-state index contributed by atoms with van der Waals surface area (Å²) in [6, 6.07) is 6.38. The monoisotopic (exact) mass is 459 g/mol. The summed E-state index contributed by atoms with van der Waals surface area (Å²) in [5.41, 5.74) is -1.98. The lowest BCUT2D eigenvalue weighted by Crippen LogP contribution is -2.88. The summed E-state index contributed by atoms with van der Waals surface area (Å²) in [5, 5.41) is 46.8. The van der Waals surface area contributed by atoms with Gasteiger partial charge in [-0.3, -0.25) is 26.2 Å². The Labute approximate surface area is 190 Å². The fraction of sp³-hybridized carbons (Fsp3) is 0.571. The smallest absolute Gasteiger partial charge is 0.338 e. The number of piperazine rings is 1. The van der Waals surface area contributed by atoms with E-state index in [1.165, 1.54) is 4.90 Å². The Morgan fingerprint density at radius 1 is 1.18 bits per heavy atom. The topological polar surface area (TPSA) is 181 Å². The first-order valence-electron chi connectivity index (χ1n) is 10.9. The van der Waals surface area contributed by atoms with Gasteiger partial charge in [-0.25, -0.2) is 4.79 Å². The Kier molecular flexibility index (Phi) is 4.75. The summed E-state index contributed by atoms with van der Waals surface area (Å²) in [4.78, 5) is 27.2. The molecule has 4 fully saturated rings. The van der Waals surface area contributed by atoms with E-state index in [-0.39, 0.29) is 30.4 Å². The molecule has 12 nitrogen and oxygen atoms in total. The molecular formula is C21H29N7O5. The number of hydrogen-bond acceptors (Lipinski definition) is 9. The van der Waals surface area contributed by atoms with Crippen molar-refractivity contribution in [2.45, 2.75) is 68.3 Å². The Morgan fingerprint density at radius 3 is 2.55 bits per heavy atom. The second-order valence-corrected chi connectivity index (χ2v) is 9.98. The molecule has 1 amide bonds. The fourth-order valence-electron chi connectivity index (χ4n) is 4.98. The minimum atomic E-state index is -2.63. The van der Waals surface area contributed by atoms with Crippen molar-refractivity contribution in [3.05, 3.63) is 35.9 Å². The van der Waals surface area contributed by atoms with Crippen molar-refractivity contribution in [1.82, 2.24) is 31.5 Å². The summed E-state index contributed by atoms with van der Waals surface area (Å²) in [5.74, 6) is -3.92. The minimum absolute atomic E-state index is 0.159. The van der Waals surface area contributed by atoms with Crippen LogP contribution in [0.2, 0.25) is 0 Å². The van der Waals surface area contributed by atoms with Crippen LogP contribution in [0.1, 0.15) is 31.1 Å². The van der Waals surface area contributed by atoms with Crippen LogP contribution < -0.4 is 26.6 Å². The van der Waals surface area contributed by atoms with Crippen molar-refractivity contribution in [2.75, 3.05) is 6.54 Å². The van der Waals surface area contributed by atoms with E-state index >= 15 is 0 Å². The lowest BCUT2D eigenvalue weighted by atomic mass is 9.81. The molecule has 1 aromatic rings. The Hall–Kier alpha value is -2.77. The van der Waals surface area contributed by atoms with Gasteiger partial charge in [0, 0.05) is 5.54 Å². The summed E-state index contributed by atoms with van der Waals surface area (Å²) in [6.07, 6.45) is -1.87. The van der Waals surface area contributed by atoms with E-state index in [9.17, 15) is 19.8 Å². The molecule has 0 bridgehead atoms. The van der Waals surface area contributed by atoms with Gasteiger partial charge in [0.05, 0.1) is 30.5 Å². The third-order valence-corrected chi connectivity index (χ3v) is 6.49. The van der Waals surface area contributed by atoms with E-state index in [2.05, 4.69) is 26.6 Å². The van der Waals surface area contributed by atoms with Crippen molar-refractivity contribution in [2.24, 2.45) is 0 Å². The first-order valence-corrected chi connectivity index (χ1v) is 10.9. The molecule has 8 N–H and O–H groups in total. The van der Waals surface area contributed by atoms with E-state index in [0.29, 0.717) is 0 Å². The summed E-state index contributed by atoms with van der Waals surface area (Å²) >= 11 is 0. The Morgan fingerprint density at radius 2 is 1.88 bits per heavy atom. The summed E-state index contributed by atoms with van der Waals surface area (Å²) in [6.45, 7) is 5.35. The van der Waals surface area contributed by atoms with E-state index in [1.807, 2.05) is 20.8 Å². The quantitative estimate of drug-likeness (QED) is 0.137. The number of hydrogen-bond donors (Lipinski definition) is 8. The second kappa shape index (κ2) is 7.11. The van der Waals surface area contributed by atoms with Crippen LogP contribution in [0.15, 0.2) is 30.3 Å². The number of rotatable bonds is 3. The number of esters is 1. The fourth-order valence-corrected chi connectivity index (χ4v) is 4.98. The Bertz CT molecular complexity index is 996. The van der Waals surface area contributed by atoms with Crippen LogP contribution in [-0.4, -0.2) is 87.0 Å². The first-order chi connectivity index (χ1) is 15.4. The molecule has 1 aromatic carbocycles. The van der Waals surface area contributed by atoms with Crippen LogP contribution in [-0.2, 0) is 9.53 Å². The molecule has 0 radical (unpaired) electrons. The summed E-state index contributed by atoms with van der Waals surface area (Å²) in [7, 11) is 0. The maximum atomic E-state index is 13.1. The molecular weight excluding hydrogens is 430 g/mol. The van der Waals surface area contributed by atoms with Gasteiger partial charge in [0.15, 0.2) is 17.7 Å². The summed E-state index contributed by atoms with van der Waals surface area (Å²) < 4.78 is 5.53. The van der Waals surface area contributed by atoms with Crippen molar-refractivity contribution in [3.63, 3.8) is 0 Å². The predicted octanol–water partition coefficient (Wildman–Crippen LogP) is -2.46. The molecule has 6 atom stereocenters. The number of aliphatic hydroxyl groups is 2. The number of guanidine groups is 1. The lowest BCUT2D eigenvalue weighted by Gasteiger charge is -2.56. The molecule has 5 rings (SSSR count). The molecule has 4 aliphatic rings. The zero-order chi connectivity index (χ0) is 23.8. The predicted molar refractivity (Wildman–Crippen MR) is 116 cm³/mol. The van der Waals surface area contributed by atoms with Crippen LogP contribution >= 0.6 is 0 Å². The van der Waals surface area contributed by atoms with E-state index in [1.54, 1.807) is 30.3 Å². The number of carbonyl (C=O) groups is 2. The molecule has 12 heteroatoms. The average molecular weight is 460 g/mol. The van der Waals surface area contributed by atoms with Crippen molar-refractivity contribution >= 4 is 17.8 Å². The van der Waals surface area contributed by atoms with Crippen molar-refractivity contribution in [3.8, 4) is 0 Å². The van der Waals surface area contributed by atoms with Gasteiger partial charge < -0.3 is 30.5 Å². The van der Waals surface area contributed by atoms with E-state index in [4.69, 9.17) is 10.1 Å². The van der Waals surface area contributed by atoms with Gasteiger partial charge >= 0.3 is 5.97 Å². The van der Waals surface area contributed by atoms with Crippen molar-refractivity contribution in [1.29, 1.82) is 5.41 Å². The largest absolute Gasteiger partial charge is 0.451 e. The van der Waals surface area contributed by atoms with Gasteiger partial charge in [-0.2, -0.15) is 0 Å².